The Labute approximate surface area is 138 Å². The maximum atomic E-state index is 11.1. The standard InChI is InChI=1S/C18H16N2O2S/c1-12-16(17(21)22)23-18(19-12)20-15(13-8-4-2-5-9-13)14-10-6-3-7-11-14/h2-11,15H,1H3,(H,19,20)(H,21,22)/p-1. The molecule has 0 amide bonds. The highest BCUT2D eigenvalue weighted by atomic mass is 32.1. The van der Waals surface area contributed by atoms with Gasteiger partial charge in [-0.1, -0.05) is 72.0 Å². The van der Waals surface area contributed by atoms with Gasteiger partial charge in [0.15, 0.2) is 5.13 Å². The van der Waals surface area contributed by atoms with Crippen molar-refractivity contribution in [2.24, 2.45) is 0 Å². The van der Waals surface area contributed by atoms with Crippen LogP contribution in [0.3, 0.4) is 0 Å². The summed E-state index contributed by atoms with van der Waals surface area (Å²) in [6, 6.07) is 19.9. The Morgan fingerprint density at radius 3 is 2.00 bits per heavy atom. The lowest BCUT2D eigenvalue weighted by Gasteiger charge is -2.19. The van der Waals surface area contributed by atoms with Gasteiger partial charge < -0.3 is 15.2 Å². The van der Waals surface area contributed by atoms with Crippen molar-refractivity contribution < 1.29 is 9.90 Å². The first kappa shape index (κ1) is 15.2. The summed E-state index contributed by atoms with van der Waals surface area (Å²) in [6.45, 7) is 1.67. The normalized spacial score (nSPS) is 10.7. The minimum absolute atomic E-state index is 0.0995. The molecule has 0 aliphatic carbocycles. The summed E-state index contributed by atoms with van der Waals surface area (Å²) in [5.41, 5.74) is 2.64. The molecule has 0 bridgehead atoms. The van der Waals surface area contributed by atoms with Crippen molar-refractivity contribution in [1.82, 2.24) is 4.98 Å². The lowest BCUT2D eigenvalue weighted by atomic mass is 9.99. The molecule has 116 valence electrons. The maximum absolute atomic E-state index is 11.1. The van der Waals surface area contributed by atoms with Crippen molar-refractivity contribution in [1.29, 1.82) is 0 Å². The van der Waals surface area contributed by atoms with Gasteiger partial charge in [0.25, 0.3) is 0 Å². The quantitative estimate of drug-likeness (QED) is 0.784. The Balaban J connectivity index is 1.97. The van der Waals surface area contributed by atoms with Crippen LogP contribution in [0.4, 0.5) is 5.13 Å². The van der Waals surface area contributed by atoms with Gasteiger partial charge in [0, 0.05) is 0 Å². The molecule has 2 aromatic carbocycles. The van der Waals surface area contributed by atoms with E-state index in [9.17, 15) is 9.90 Å². The molecule has 0 spiro atoms. The molecule has 4 nitrogen and oxygen atoms in total. The summed E-state index contributed by atoms with van der Waals surface area (Å²) in [7, 11) is 0. The Hall–Kier alpha value is -2.66. The number of carbonyl (C=O) groups is 1. The third kappa shape index (κ3) is 3.40. The van der Waals surface area contributed by atoms with E-state index >= 15 is 0 Å². The highest BCUT2D eigenvalue weighted by Gasteiger charge is 2.16. The number of nitrogens with zero attached hydrogens (tertiary/aromatic N) is 1. The first-order valence-corrected chi connectivity index (χ1v) is 8.02. The van der Waals surface area contributed by atoms with Crippen molar-refractivity contribution in [2.75, 3.05) is 5.32 Å². The minimum atomic E-state index is -1.19. The number of benzene rings is 2. The molecular formula is C18H15N2O2S-. The fourth-order valence-electron chi connectivity index (χ4n) is 2.42. The summed E-state index contributed by atoms with van der Waals surface area (Å²) in [5, 5.41) is 15.0. The Kier molecular flexibility index (Phi) is 4.39. The zero-order valence-corrected chi connectivity index (χ0v) is 13.3. The fraction of sp³-hybridized carbons (Fsp3) is 0.111. The molecule has 0 fully saturated rings. The second-order valence-electron chi connectivity index (χ2n) is 5.12. The van der Waals surface area contributed by atoms with Gasteiger partial charge in [0.1, 0.15) is 0 Å². The summed E-state index contributed by atoms with van der Waals surface area (Å²) in [5.74, 6) is -1.19. The third-order valence-electron chi connectivity index (χ3n) is 3.52. The molecule has 0 atom stereocenters. The number of hydrogen-bond acceptors (Lipinski definition) is 5. The summed E-state index contributed by atoms with van der Waals surface area (Å²) < 4.78 is 0. The van der Waals surface area contributed by atoms with Gasteiger partial charge in [-0.2, -0.15) is 0 Å². The molecule has 1 heterocycles. The van der Waals surface area contributed by atoms with E-state index < -0.39 is 5.97 Å². The molecule has 3 rings (SSSR count). The van der Waals surface area contributed by atoms with E-state index in [1.807, 2.05) is 60.7 Å². The smallest absolute Gasteiger partial charge is 0.184 e. The van der Waals surface area contributed by atoms with Crippen LogP contribution >= 0.6 is 11.3 Å². The minimum Gasteiger partial charge on any atom is -0.544 e. The van der Waals surface area contributed by atoms with Crippen molar-refractivity contribution in [2.45, 2.75) is 13.0 Å². The Morgan fingerprint density at radius 2 is 1.57 bits per heavy atom. The number of thiazole rings is 1. The lowest BCUT2D eigenvalue weighted by Crippen LogP contribution is -2.21. The van der Waals surface area contributed by atoms with Crippen molar-refractivity contribution >= 4 is 22.4 Å². The van der Waals surface area contributed by atoms with Crippen molar-refractivity contribution in [3.8, 4) is 0 Å². The monoisotopic (exact) mass is 323 g/mol. The number of aromatic nitrogens is 1. The number of rotatable bonds is 5. The highest BCUT2D eigenvalue weighted by Crippen LogP contribution is 2.30. The van der Waals surface area contributed by atoms with Crippen molar-refractivity contribution in [3.05, 3.63) is 82.4 Å². The molecule has 0 radical (unpaired) electrons. The molecule has 23 heavy (non-hydrogen) atoms. The molecule has 0 aliphatic rings. The first-order valence-electron chi connectivity index (χ1n) is 7.20. The van der Waals surface area contributed by atoms with E-state index in [4.69, 9.17) is 0 Å². The maximum Gasteiger partial charge on any atom is 0.184 e. The number of anilines is 1. The van der Waals surface area contributed by atoms with E-state index in [0.29, 0.717) is 10.8 Å². The molecular weight excluding hydrogens is 308 g/mol. The predicted octanol–water partition coefficient (Wildman–Crippen LogP) is 3.02. The van der Waals surface area contributed by atoms with Crippen LogP contribution in [0.2, 0.25) is 0 Å². The van der Waals surface area contributed by atoms with E-state index in [1.54, 1.807) is 6.92 Å². The topological polar surface area (TPSA) is 65.0 Å². The summed E-state index contributed by atoms with van der Waals surface area (Å²) >= 11 is 1.10. The molecule has 0 aliphatic heterocycles. The average molecular weight is 323 g/mol. The SMILES string of the molecule is Cc1nc(NC(c2ccccc2)c2ccccc2)sc1C(=O)[O-]. The van der Waals surface area contributed by atoms with Gasteiger partial charge in [-0.3, -0.25) is 0 Å². The van der Waals surface area contributed by atoms with Gasteiger partial charge in [0.2, 0.25) is 0 Å². The largest absolute Gasteiger partial charge is 0.544 e. The average Bonchev–Trinajstić information content (AvgIpc) is 2.95. The molecule has 1 aromatic heterocycles. The predicted molar refractivity (Wildman–Crippen MR) is 89.5 cm³/mol. The third-order valence-corrected chi connectivity index (χ3v) is 4.58. The van der Waals surface area contributed by atoms with Gasteiger partial charge in [0.05, 0.1) is 22.6 Å². The zero-order valence-electron chi connectivity index (χ0n) is 12.5. The Morgan fingerprint density at radius 1 is 1.04 bits per heavy atom. The van der Waals surface area contributed by atoms with E-state index in [2.05, 4.69) is 10.3 Å². The molecule has 5 heteroatoms. The number of hydrogen-bond donors (Lipinski definition) is 1. The molecule has 3 aromatic rings. The second kappa shape index (κ2) is 6.62. The first-order chi connectivity index (χ1) is 11.1. The van der Waals surface area contributed by atoms with Crippen LogP contribution < -0.4 is 10.4 Å². The number of carboxylic acid groups (broad SMARTS) is 1. The number of aromatic carboxylic acids is 1. The van der Waals surface area contributed by atoms with E-state index in [0.717, 1.165) is 22.5 Å². The van der Waals surface area contributed by atoms with Crippen LogP contribution in [-0.4, -0.2) is 11.0 Å². The Bertz CT molecular complexity index is 761. The van der Waals surface area contributed by atoms with Crippen LogP contribution in [0.5, 0.6) is 0 Å². The van der Waals surface area contributed by atoms with Crippen LogP contribution in [0, 0.1) is 6.92 Å². The molecule has 0 saturated heterocycles. The summed E-state index contributed by atoms with van der Waals surface area (Å²) in [4.78, 5) is 15.6. The zero-order chi connectivity index (χ0) is 16.2. The van der Waals surface area contributed by atoms with Crippen LogP contribution in [0.1, 0.15) is 32.5 Å². The van der Waals surface area contributed by atoms with Crippen LogP contribution in [0.15, 0.2) is 60.7 Å². The molecule has 0 unspecified atom stereocenters. The van der Waals surface area contributed by atoms with Gasteiger partial charge in [-0.25, -0.2) is 4.98 Å². The van der Waals surface area contributed by atoms with Gasteiger partial charge in [-0.05, 0) is 18.1 Å². The number of carbonyl (C=O) groups excluding carboxylic acids is 1. The van der Waals surface area contributed by atoms with Crippen LogP contribution in [-0.2, 0) is 0 Å². The molecule has 0 saturated carbocycles. The van der Waals surface area contributed by atoms with E-state index in [-0.39, 0.29) is 10.9 Å². The van der Waals surface area contributed by atoms with Crippen molar-refractivity contribution in [3.63, 3.8) is 0 Å². The fourth-order valence-corrected chi connectivity index (χ4v) is 3.25. The van der Waals surface area contributed by atoms with Crippen LogP contribution in [0.25, 0.3) is 0 Å². The number of carboxylic acids is 1. The molecule has 1 N–H and O–H groups in total. The van der Waals surface area contributed by atoms with Gasteiger partial charge in [-0.15, -0.1) is 0 Å². The highest BCUT2D eigenvalue weighted by molar-refractivity contribution is 7.17. The van der Waals surface area contributed by atoms with E-state index in [1.165, 1.54) is 0 Å². The lowest BCUT2D eigenvalue weighted by molar-refractivity contribution is -0.254. The second-order valence-corrected chi connectivity index (χ2v) is 6.12. The van der Waals surface area contributed by atoms with Gasteiger partial charge >= 0.3 is 0 Å². The summed E-state index contributed by atoms with van der Waals surface area (Å²) in [6.07, 6.45) is 0. The number of aryl methyl sites for hydroxylation is 1. The number of nitrogens with one attached hydrogen (secondary N) is 1.